The van der Waals surface area contributed by atoms with Gasteiger partial charge in [-0.1, -0.05) is 23.4 Å². The summed E-state index contributed by atoms with van der Waals surface area (Å²) < 4.78 is 5.98. The first-order valence-electron chi connectivity index (χ1n) is 6.20. The van der Waals surface area contributed by atoms with Gasteiger partial charge < -0.3 is 10.1 Å². The first-order chi connectivity index (χ1) is 10.1. The molecular weight excluding hydrogens is 308 g/mol. The van der Waals surface area contributed by atoms with Crippen LogP contribution in [-0.4, -0.2) is 24.0 Å². The Kier molecular flexibility index (Phi) is 5.61. The van der Waals surface area contributed by atoms with E-state index in [1.54, 1.807) is 18.3 Å². The highest BCUT2D eigenvalue weighted by Gasteiger charge is 2.06. The van der Waals surface area contributed by atoms with Crippen LogP contribution in [0.15, 0.2) is 30.5 Å². The van der Waals surface area contributed by atoms with Crippen molar-refractivity contribution in [2.45, 2.75) is 6.92 Å². The van der Waals surface area contributed by atoms with Crippen LogP contribution < -0.4 is 10.1 Å². The largest absolute Gasteiger partial charge is 0.479 e. The molecular formula is C15H13ClN2O2S. The lowest BCUT2D eigenvalue weighted by atomic mass is 10.4. The van der Waals surface area contributed by atoms with Crippen LogP contribution in [0.1, 0.15) is 15.4 Å². The summed E-state index contributed by atoms with van der Waals surface area (Å²) in [7, 11) is 0. The van der Waals surface area contributed by atoms with Gasteiger partial charge in [0.15, 0.2) is 0 Å². The number of nitrogens with zero attached hydrogens (tertiary/aromatic N) is 1. The Morgan fingerprint density at radius 2 is 2.24 bits per heavy atom. The van der Waals surface area contributed by atoms with Crippen molar-refractivity contribution in [1.82, 2.24) is 10.3 Å². The Bertz CT molecular complexity index is 671. The van der Waals surface area contributed by atoms with E-state index in [0.717, 1.165) is 5.69 Å². The molecule has 0 aliphatic rings. The number of carbonyl (C=O) groups excluding carboxylic acids is 1. The summed E-state index contributed by atoms with van der Waals surface area (Å²) in [4.78, 5) is 16.4. The molecule has 0 atom stereocenters. The molecule has 2 heterocycles. The average Bonchev–Trinajstić information content (AvgIpc) is 2.91. The molecule has 4 nitrogen and oxygen atoms in total. The minimum Gasteiger partial charge on any atom is -0.479 e. The molecule has 2 aromatic heterocycles. The Morgan fingerprint density at radius 3 is 2.90 bits per heavy atom. The third-order valence-electron chi connectivity index (χ3n) is 2.45. The molecule has 0 radical (unpaired) electrons. The Balaban J connectivity index is 1.69. The Morgan fingerprint density at radius 1 is 1.38 bits per heavy atom. The molecule has 2 aromatic rings. The Hall–Kier alpha value is -2.03. The minimum atomic E-state index is -0.176. The summed E-state index contributed by atoms with van der Waals surface area (Å²) in [6, 6.07) is 7.08. The second-order valence-corrected chi connectivity index (χ2v) is 5.78. The lowest BCUT2D eigenvalue weighted by molar-refractivity contribution is 0.0962. The van der Waals surface area contributed by atoms with Gasteiger partial charge in [-0.25, -0.2) is 0 Å². The zero-order valence-corrected chi connectivity index (χ0v) is 12.9. The van der Waals surface area contributed by atoms with Crippen molar-refractivity contribution in [3.63, 3.8) is 0 Å². The number of hydrogen-bond acceptors (Lipinski definition) is 4. The standard InChI is InChI=1S/C15H13ClN2O2S/c1-11-4-5-12(10-18-11)20-9-3-2-8-17-15(19)13-6-7-14(16)21-13/h4-7,10H,8-9H2,1H3,(H,17,19). The van der Waals surface area contributed by atoms with E-state index in [1.807, 2.05) is 19.1 Å². The maximum atomic E-state index is 11.7. The van der Waals surface area contributed by atoms with E-state index >= 15 is 0 Å². The molecule has 21 heavy (non-hydrogen) atoms. The zero-order valence-electron chi connectivity index (χ0n) is 11.4. The normalized spacial score (nSPS) is 9.62. The van der Waals surface area contributed by atoms with Crippen LogP contribution in [-0.2, 0) is 0 Å². The second kappa shape index (κ2) is 7.67. The predicted molar refractivity (Wildman–Crippen MR) is 83.9 cm³/mol. The third-order valence-corrected chi connectivity index (χ3v) is 3.68. The molecule has 0 saturated carbocycles. The number of carbonyl (C=O) groups is 1. The molecule has 0 spiro atoms. The molecule has 0 fully saturated rings. The summed E-state index contributed by atoms with van der Waals surface area (Å²) in [6.07, 6.45) is 1.65. The topological polar surface area (TPSA) is 51.2 Å². The van der Waals surface area contributed by atoms with Crippen LogP contribution in [0.2, 0.25) is 4.34 Å². The highest BCUT2D eigenvalue weighted by molar-refractivity contribution is 7.17. The van der Waals surface area contributed by atoms with E-state index in [1.165, 1.54) is 11.3 Å². The predicted octanol–water partition coefficient (Wildman–Crippen LogP) is 2.92. The number of pyridine rings is 1. The molecule has 0 aromatic carbocycles. The molecule has 0 saturated heterocycles. The maximum Gasteiger partial charge on any atom is 0.262 e. The fraction of sp³-hybridized carbons (Fsp3) is 0.200. The van der Waals surface area contributed by atoms with Crippen molar-refractivity contribution in [3.05, 3.63) is 45.4 Å². The van der Waals surface area contributed by atoms with Gasteiger partial charge in [0, 0.05) is 5.69 Å². The van der Waals surface area contributed by atoms with Gasteiger partial charge in [0.25, 0.3) is 5.91 Å². The van der Waals surface area contributed by atoms with Gasteiger partial charge in [-0.15, -0.1) is 11.3 Å². The number of halogens is 1. The minimum absolute atomic E-state index is 0.176. The molecule has 1 N–H and O–H groups in total. The highest BCUT2D eigenvalue weighted by Crippen LogP contribution is 2.20. The fourth-order valence-electron chi connectivity index (χ4n) is 1.42. The summed E-state index contributed by atoms with van der Waals surface area (Å²) in [5, 5.41) is 2.69. The zero-order chi connectivity index (χ0) is 15.1. The van der Waals surface area contributed by atoms with Crippen molar-refractivity contribution >= 4 is 28.8 Å². The van der Waals surface area contributed by atoms with E-state index in [9.17, 15) is 4.79 Å². The van der Waals surface area contributed by atoms with E-state index in [0.29, 0.717) is 15.0 Å². The van der Waals surface area contributed by atoms with Crippen molar-refractivity contribution < 1.29 is 9.53 Å². The van der Waals surface area contributed by atoms with E-state index < -0.39 is 0 Å². The number of amides is 1. The number of ether oxygens (including phenoxy) is 1. The number of rotatable bonds is 4. The summed E-state index contributed by atoms with van der Waals surface area (Å²) >= 11 is 7.00. The molecule has 0 unspecified atom stereocenters. The van der Waals surface area contributed by atoms with Crippen LogP contribution >= 0.6 is 22.9 Å². The SMILES string of the molecule is Cc1ccc(OCC#CCNC(=O)c2ccc(Cl)s2)cn1. The van der Waals surface area contributed by atoms with Gasteiger partial charge in [0.05, 0.1) is 22.0 Å². The monoisotopic (exact) mass is 320 g/mol. The smallest absolute Gasteiger partial charge is 0.262 e. The number of aryl methyl sites for hydroxylation is 1. The van der Waals surface area contributed by atoms with E-state index in [-0.39, 0.29) is 19.1 Å². The molecule has 1 amide bonds. The average molecular weight is 321 g/mol. The maximum absolute atomic E-state index is 11.7. The van der Waals surface area contributed by atoms with Crippen molar-refractivity contribution in [3.8, 4) is 17.6 Å². The number of hydrogen-bond donors (Lipinski definition) is 1. The van der Waals surface area contributed by atoms with Crippen LogP contribution in [0.25, 0.3) is 0 Å². The number of thiophene rings is 1. The first kappa shape index (κ1) is 15.4. The molecule has 0 bridgehead atoms. The first-order valence-corrected chi connectivity index (χ1v) is 7.39. The lowest BCUT2D eigenvalue weighted by Gasteiger charge is -2.00. The highest BCUT2D eigenvalue weighted by atomic mass is 35.5. The van der Waals surface area contributed by atoms with E-state index in [2.05, 4.69) is 22.1 Å². The lowest BCUT2D eigenvalue weighted by Crippen LogP contribution is -2.22. The fourth-order valence-corrected chi connectivity index (χ4v) is 2.38. The van der Waals surface area contributed by atoms with Crippen LogP contribution in [0, 0.1) is 18.8 Å². The Labute approximate surface area is 132 Å². The molecule has 0 aliphatic heterocycles. The van der Waals surface area contributed by atoms with Gasteiger partial charge in [-0.2, -0.15) is 0 Å². The van der Waals surface area contributed by atoms with Crippen molar-refractivity contribution in [2.75, 3.05) is 13.2 Å². The van der Waals surface area contributed by atoms with Gasteiger partial charge in [0.2, 0.25) is 0 Å². The van der Waals surface area contributed by atoms with Gasteiger partial charge in [-0.05, 0) is 31.2 Å². The number of aromatic nitrogens is 1. The van der Waals surface area contributed by atoms with Gasteiger partial charge in [-0.3, -0.25) is 9.78 Å². The van der Waals surface area contributed by atoms with E-state index in [4.69, 9.17) is 16.3 Å². The molecule has 2 rings (SSSR count). The molecule has 6 heteroatoms. The third kappa shape index (κ3) is 5.10. The van der Waals surface area contributed by atoms with Crippen molar-refractivity contribution in [2.24, 2.45) is 0 Å². The second-order valence-electron chi connectivity index (χ2n) is 4.06. The van der Waals surface area contributed by atoms with Crippen LogP contribution in [0.3, 0.4) is 0 Å². The van der Waals surface area contributed by atoms with Gasteiger partial charge in [0.1, 0.15) is 12.4 Å². The van der Waals surface area contributed by atoms with Crippen LogP contribution in [0.5, 0.6) is 5.75 Å². The van der Waals surface area contributed by atoms with Crippen LogP contribution in [0.4, 0.5) is 0 Å². The van der Waals surface area contributed by atoms with Crippen molar-refractivity contribution in [1.29, 1.82) is 0 Å². The number of nitrogens with one attached hydrogen (secondary N) is 1. The quantitative estimate of drug-likeness (QED) is 0.881. The van der Waals surface area contributed by atoms with Gasteiger partial charge >= 0.3 is 0 Å². The molecule has 0 aliphatic carbocycles. The summed E-state index contributed by atoms with van der Waals surface area (Å²) in [6.45, 7) is 2.43. The molecule has 108 valence electrons. The summed E-state index contributed by atoms with van der Waals surface area (Å²) in [5.41, 5.74) is 0.935. The summed E-state index contributed by atoms with van der Waals surface area (Å²) in [5.74, 6) is 6.14.